The lowest BCUT2D eigenvalue weighted by Gasteiger charge is -1.98. The summed E-state index contributed by atoms with van der Waals surface area (Å²) in [5.41, 5.74) is 2.23. The van der Waals surface area contributed by atoms with E-state index >= 15 is 0 Å². The van der Waals surface area contributed by atoms with Gasteiger partial charge in [0.2, 0.25) is 12.7 Å². The number of nitrogens with zero attached hydrogens (tertiary/aromatic N) is 5. The van der Waals surface area contributed by atoms with Crippen LogP contribution in [0.2, 0.25) is 0 Å². The van der Waals surface area contributed by atoms with Crippen molar-refractivity contribution >= 4 is 0 Å². The molecular formula is C19H27I2N5. The summed E-state index contributed by atoms with van der Waals surface area (Å²) in [7, 11) is 0. The van der Waals surface area contributed by atoms with Crippen molar-refractivity contribution in [1.82, 2.24) is 14.3 Å². The number of hydrogen-bond acceptors (Lipinski definition) is 1. The van der Waals surface area contributed by atoms with Crippen LogP contribution in [0.15, 0.2) is 55.6 Å². The third-order valence-corrected chi connectivity index (χ3v) is 4.21. The van der Waals surface area contributed by atoms with E-state index in [9.17, 15) is 0 Å². The van der Waals surface area contributed by atoms with Crippen LogP contribution in [-0.4, -0.2) is 14.3 Å². The average molecular weight is 579 g/mol. The summed E-state index contributed by atoms with van der Waals surface area (Å²) in [6.07, 6.45) is 15.2. The molecule has 0 bridgehead atoms. The zero-order valence-corrected chi connectivity index (χ0v) is 19.7. The Kier molecular flexibility index (Phi) is 10.4. The molecule has 0 N–H and O–H groups in total. The van der Waals surface area contributed by atoms with Gasteiger partial charge in [-0.1, -0.05) is 37.4 Å². The number of rotatable bonds is 8. The molecule has 7 heteroatoms. The average Bonchev–Trinajstić information content (AvgIpc) is 3.28. The van der Waals surface area contributed by atoms with Crippen molar-refractivity contribution in [2.24, 2.45) is 0 Å². The first-order chi connectivity index (χ1) is 11.8. The first-order valence-electron chi connectivity index (χ1n) is 8.91. The van der Waals surface area contributed by atoms with E-state index < -0.39 is 0 Å². The second-order valence-corrected chi connectivity index (χ2v) is 6.21. The Hall–Kier alpha value is -0.970. The molecular weight excluding hydrogens is 552 g/mol. The molecule has 0 spiro atoms. The number of aromatic nitrogens is 5. The molecule has 5 nitrogen and oxygen atoms in total. The fourth-order valence-electron chi connectivity index (χ4n) is 2.73. The van der Waals surface area contributed by atoms with Crippen LogP contribution < -0.4 is 57.1 Å². The predicted molar refractivity (Wildman–Crippen MR) is 93.1 cm³/mol. The molecule has 0 aliphatic rings. The van der Waals surface area contributed by atoms with Crippen molar-refractivity contribution in [3.63, 3.8) is 0 Å². The van der Waals surface area contributed by atoms with Crippen LogP contribution in [0, 0.1) is 0 Å². The van der Waals surface area contributed by atoms with Gasteiger partial charge in [-0.05, 0) is 25.0 Å². The van der Waals surface area contributed by atoms with E-state index in [0.29, 0.717) is 0 Å². The second-order valence-electron chi connectivity index (χ2n) is 6.21. The molecule has 0 aliphatic heterocycles. The highest BCUT2D eigenvalue weighted by Crippen LogP contribution is 2.12. The van der Waals surface area contributed by atoms with Gasteiger partial charge in [0.25, 0.3) is 6.33 Å². The molecule has 2 heterocycles. The first-order valence-corrected chi connectivity index (χ1v) is 8.91. The zero-order valence-electron chi connectivity index (χ0n) is 15.4. The smallest absolute Gasteiger partial charge is 0.265 e. The van der Waals surface area contributed by atoms with Crippen molar-refractivity contribution in [1.29, 1.82) is 0 Å². The van der Waals surface area contributed by atoms with Gasteiger partial charge in [0.1, 0.15) is 23.8 Å². The summed E-state index contributed by atoms with van der Waals surface area (Å²) in [5.74, 6) is 0. The maximum absolute atomic E-state index is 4.49. The minimum atomic E-state index is 0. The normalized spacial score (nSPS) is 10.2. The van der Waals surface area contributed by atoms with Crippen LogP contribution in [0.1, 0.15) is 39.5 Å². The van der Waals surface area contributed by atoms with E-state index in [1.54, 1.807) is 0 Å². The molecule has 2 aromatic heterocycles. The zero-order chi connectivity index (χ0) is 16.8. The van der Waals surface area contributed by atoms with Gasteiger partial charge in [-0.15, -0.1) is 0 Å². The maximum atomic E-state index is 4.49. The fraction of sp³-hybridized carbons (Fsp3) is 0.421. The minimum Gasteiger partial charge on any atom is -1.00 e. The molecule has 0 radical (unpaired) electrons. The lowest BCUT2D eigenvalue weighted by atomic mass is 10.3. The quantitative estimate of drug-likeness (QED) is 0.205. The van der Waals surface area contributed by atoms with Crippen molar-refractivity contribution < 1.29 is 57.1 Å². The number of aryl methyl sites for hydroxylation is 2. The van der Waals surface area contributed by atoms with Crippen molar-refractivity contribution in [2.45, 2.75) is 52.6 Å². The van der Waals surface area contributed by atoms with Gasteiger partial charge < -0.3 is 48.0 Å². The first kappa shape index (κ1) is 23.1. The molecule has 0 amide bonds. The van der Waals surface area contributed by atoms with E-state index in [1.807, 2.05) is 11.0 Å². The van der Waals surface area contributed by atoms with Gasteiger partial charge in [-0.2, -0.15) is 0 Å². The van der Waals surface area contributed by atoms with E-state index in [2.05, 4.69) is 82.0 Å². The van der Waals surface area contributed by atoms with Gasteiger partial charge >= 0.3 is 0 Å². The number of unbranched alkanes of at least 4 members (excludes halogenated alkanes) is 2. The molecule has 0 saturated heterocycles. The lowest BCUT2D eigenvalue weighted by molar-refractivity contribution is -0.697. The van der Waals surface area contributed by atoms with E-state index in [1.165, 1.54) is 25.7 Å². The largest absolute Gasteiger partial charge is 1.00 e. The van der Waals surface area contributed by atoms with Crippen LogP contribution in [0.5, 0.6) is 0 Å². The Labute approximate surface area is 190 Å². The summed E-state index contributed by atoms with van der Waals surface area (Å²) >= 11 is 0. The highest BCUT2D eigenvalue weighted by molar-refractivity contribution is 5.42. The molecule has 3 rings (SSSR count). The maximum Gasteiger partial charge on any atom is 0.265 e. The number of halogens is 2. The molecule has 26 heavy (non-hydrogen) atoms. The summed E-state index contributed by atoms with van der Waals surface area (Å²) in [6, 6.07) is 8.47. The number of hydrogen-bond donors (Lipinski definition) is 0. The Morgan fingerprint density at radius 2 is 1.62 bits per heavy atom. The van der Waals surface area contributed by atoms with Crippen LogP contribution in [0.25, 0.3) is 11.4 Å². The van der Waals surface area contributed by atoms with Gasteiger partial charge in [0, 0.05) is 11.2 Å². The molecule has 0 aliphatic carbocycles. The van der Waals surface area contributed by atoms with E-state index in [-0.39, 0.29) is 48.0 Å². The third kappa shape index (κ3) is 6.04. The second kappa shape index (κ2) is 11.7. The fourth-order valence-corrected chi connectivity index (χ4v) is 2.73. The Balaban J connectivity index is 0.00000169. The lowest BCUT2D eigenvalue weighted by Crippen LogP contribution is -3.00. The van der Waals surface area contributed by atoms with Gasteiger partial charge in [0.15, 0.2) is 0 Å². The summed E-state index contributed by atoms with van der Waals surface area (Å²) in [5, 5.41) is 4.49. The minimum absolute atomic E-state index is 0. The van der Waals surface area contributed by atoms with E-state index in [4.69, 9.17) is 0 Å². The monoisotopic (exact) mass is 579 g/mol. The van der Waals surface area contributed by atoms with E-state index in [0.717, 1.165) is 24.5 Å². The van der Waals surface area contributed by atoms with Gasteiger partial charge in [-0.3, -0.25) is 0 Å². The van der Waals surface area contributed by atoms with Crippen LogP contribution in [0.4, 0.5) is 0 Å². The summed E-state index contributed by atoms with van der Waals surface area (Å²) in [6.45, 7) is 6.52. The Morgan fingerprint density at radius 1 is 0.923 bits per heavy atom. The summed E-state index contributed by atoms with van der Waals surface area (Å²) < 4.78 is 8.48. The van der Waals surface area contributed by atoms with Gasteiger partial charge in [-0.25, -0.2) is 13.7 Å². The van der Waals surface area contributed by atoms with Crippen LogP contribution >= 0.6 is 0 Å². The molecule has 0 atom stereocenters. The predicted octanol–water partition coefficient (Wildman–Crippen LogP) is -3.15. The molecule has 1 aromatic carbocycles. The van der Waals surface area contributed by atoms with Crippen LogP contribution in [-0.2, 0) is 13.1 Å². The Morgan fingerprint density at radius 3 is 2.35 bits per heavy atom. The molecule has 0 fully saturated rings. The summed E-state index contributed by atoms with van der Waals surface area (Å²) in [4.78, 5) is 0. The molecule has 0 unspecified atom stereocenters. The third-order valence-electron chi connectivity index (χ3n) is 4.21. The van der Waals surface area contributed by atoms with Crippen molar-refractivity contribution in [3.05, 3.63) is 55.6 Å². The van der Waals surface area contributed by atoms with Crippen molar-refractivity contribution in [2.75, 3.05) is 0 Å². The van der Waals surface area contributed by atoms with Crippen LogP contribution in [0.3, 0.4) is 0 Å². The van der Waals surface area contributed by atoms with Crippen molar-refractivity contribution in [3.8, 4) is 11.4 Å². The van der Waals surface area contributed by atoms with Gasteiger partial charge in [0.05, 0.1) is 13.1 Å². The highest BCUT2D eigenvalue weighted by atomic mass is 127. The molecule has 0 saturated carbocycles. The number of benzene rings is 1. The Bertz CT molecular complexity index is 720. The standard InChI is InChI=1S/C19H27N5.2HI/c1-3-5-10-21-12-13-23(16-21)18-8-7-9-19(14-18)24-17-22(15-20-24)11-6-4-2;;/h7-9,12-17H,3-6,10-11H2,1-2H3;2*1H/q+2;;/p-2. The molecule has 142 valence electrons. The molecule has 3 aromatic rings. The SMILES string of the molecule is CCCC[n+]1ccn(-c2cccc(-n3c[n+](CCCC)cn3)c2)c1.[I-].[I-]. The topological polar surface area (TPSA) is 30.5 Å². The highest BCUT2D eigenvalue weighted by Gasteiger charge is 2.12. The number of imidazole rings is 1.